The van der Waals surface area contributed by atoms with E-state index in [1.807, 2.05) is 12.1 Å². The van der Waals surface area contributed by atoms with Gasteiger partial charge in [0, 0.05) is 36.0 Å². The van der Waals surface area contributed by atoms with Crippen LogP contribution in [0, 0.1) is 0 Å². The fraction of sp³-hybridized carbons (Fsp3) is 0.278. The van der Waals surface area contributed by atoms with Crippen LogP contribution in [0.3, 0.4) is 0 Å². The first-order valence-corrected chi connectivity index (χ1v) is 7.59. The first kappa shape index (κ1) is 15.4. The topological polar surface area (TPSA) is 59.5 Å². The van der Waals surface area contributed by atoms with Gasteiger partial charge in [0.25, 0.3) is 5.91 Å². The highest BCUT2D eigenvalue weighted by Crippen LogP contribution is 2.20. The van der Waals surface area contributed by atoms with E-state index >= 15 is 0 Å². The zero-order valence-electron chi connectivity index (χ0n) is 13.0. The van der Waals surface area contributed by atoms with Crippen LogP contribution in [0.1, 0.15) is 27.6 Å². The molecular formula is C18H18N2O3. The summed E-state index contributed by atoms with van der Waals surface area (Å²) in [5.41, 5.74) is 2.75. The van der Waals surface area contributed by atoms with Gasteiger partial charge in [0.05, 0.1) is 18.9 Å². The lowest BCUT2D eigenvalue weighted by molar-refractivity contribution is 0.0303. The van der Waals surface area contributed by atoms with Crippen LogP contribution in [0.15, 0.2) is 42.6 Å². The number of amides is 1. The van der Waals surface area contributed by atoms with Crippen LogP contribution < -0.4 is 0 Å². The van der Waals surface area contributed by atoms with Crippen LogP contribution in [0.2, 0.25) is 0 Å². The molecule has 1 aromatic heterocycles. The summed E-state index contributed by atoms with van der Waals surface area (Å²) in [7, 11) is 0. The van der Waals surface area contributed by atoms with Crippen LogP contribution in [0.4, 0.5) is 0 Å². The fourth-order valence-corrected chi connectivity index (χ4v) is 2.57. The predicted octanol–water partition coefficient (Wildman–Crippen LogP) is 2.42. The van der Waals surface area contributed by atoms with Crippen molar-refractivity contribution in [3.63, 3.8) is 0 Å². The SMILES string of the molecule is CC(=O)c1cccc(-c2cc(C(=O)N3CCOCC3)ccn2)c1. The maximum Gasteiger partial charge on any atom is 0.254 e. The molecule has 23 heavy (non-hydrogen) atoms. The number of nitrogens with zero attached hydrogens (tertiary/aromatic N) is 2. The van der Waals surface area contributed by atoms with Gasteiger partial charge in [0.15, 0.2) is 5.78 Å². The lowest BCUT2D eigenvalue weighted by Gasteiger charge is -2.26. The Hall–Kier alpha value is -2.53. The minimum Gasteiger partial charge on any atom is -0.378 e. The molecule has 0 saturated carbocycles. The first-order valence-electron chi connectivity index (χ1n) is 7.59. The molecule has 0 aliphatic carbocycles. The van der Waals surface area contributed by atoms with Crippen molar-refractivity contribution < 1.29 is 14.3 Å². The average molecular weight is 310 g/mol. The summed E-state index contributed by atoms with van der Waals surface area (Å²) in [6.07, 6.45) is 1.63. The molecule has 2 aromatic rings. The summed E-state index contributed by atoms with van der Waals surface area (Å²) in [5, 5.41) is 0. The molecule has 0 spiro atoms. The Kier molecular flexibility index (Phi) is 4.48. The molecule has 0 atom stereocenters. The molecule has 1 aliphatic heterocycles. The van der Waals surface area contributed by atoms with E-state index in [-0.39, 0.29) is 11.7 Å². The van der Waals surface area contributed by atoms with Gasteiger partial charge in [0.1, 0.15) is 0 Å². The van der Waals surface area contributed by atoms with Crippen LogP contribution >= 0.6 is 0 Å². The maximum atomic E-state index is 12.5. The highest BCUT2D eigenvalue weighted by Gasteiger charge is 2.19. The summed E-state index contributed by atoms with van der Waals surface area (Å²) in [6, 6.07) is 10.8. The number of ether oxygens (including phenoxy) is 1. The Balaban J connectivity index is 1.89. The van der Waals surface area contributed by atoms with E-state index in [0.29, 0.717) is 43.1 Å². The standard InChI is InChI=1S/C18H18N2O3/c1-13(21)14-3-2-4-15(11-14)17-12-16(5-6-19-17)18(22)20-7-9-23-10-8-20/h2-6,11-12H,7-10H2,1H3. The monoisotopic (exact) mass is 310 g/mol. The van der Waals surface area contributed by atoms with E-state index in [1.54, 1.807) is 35.4 Å². The van der Waals surface area contributed by atoms with Crippen molar-refractivity contribution in [2.45, 2.75) is 6.92 Å². The summed E-state index contributed by atoms with van der Waals surface area (Å²) >= 11 is 0. The number of carbonyl (C=O) groups excluding carboxylic acids is 2. The lowest BCUT2D eigenvalue weighted by atomic mass is 10.0. The van der Waals surface area contributed by atoms with Gasteiger partial charge in [0.2, 0.25) is 0 Å². The van der Waals surface area contributed by atoms with Crippen molar-refractivity contribution in [2.75, 3.05) is 26.3 Å². The van der Waals surface area contributed by atoms with E-state index in [2.05, 4.69) is 4.98 Å². The number of hydrogen-bond donors (Lipinski definition) is 0. The molecule has 5 nitrogen and oxygen atoms in total. The Bertz CT molecular complexity index is 737. The highest BCUT2D eigenvalue weighted by molar-refractivity contribution is 5.96. The van der Waals surface area contributed by atoms with Crippen LogP contribution in [0.25, 0.3) is 11.3 Å². The second kappa shape index (κ2) is 6.71. The zero-order valence-corrected chi connectivity index (χ0v) is 13.0. The number of benzene rings is 1. The summed E-state index contributed by atoms with van der Waals surface area (Å²) in [5.74, 6) is -0.00734. The predicted molar refractivity (Wildman–Crippen MR) is 86.4 cm³/mol. The van der Waals surface area contributed by atoms with Gasteiger partial charge in [-0.15, -0.1) is 0 Å². The summed E-state index contributed by atoms with van der Waals surface area (Å²) in [6.45, 7) is 3.90. The molecule has 1 aliphatic rings. The molecule has 0 bridgehead atoms. The normalized spacial score (nSPS) is 14.6. The molecule has 5 heteroatoms. The average Bonchev–Trinajstić information content (AvgIpc) is 2.62. The number of carbonyl (C=O) groups is 2. The second-order valence-corrected chi connectivity index (χ2v) is 5.47. The highest BCUT2D eigenvalue weighted by atomic mass is 16.5. The van der Waals surface area contributed by atoms with E-state index < -0.39 is 0 Å². The van der Waals surface area contributed by atoms with Gasteiger partial charge in [-0.05, 0) is 25.1 Å². The summed E-state index contributed by atoms with van der Waals surface area (Å²) in [4.78, 5) is 30.2. The van der Waals surface area contributed by atoms with Crippen molar-refractivity contribution in [2.24, 2.45) is 0 Å². The number of rotatable bonds is 3. The number of aromatic nitrogens is 1. The Morgan fingerprint density at radius 3 is 2.61 bits per heavy atom. The molecule has 3 rings (SSSR count). The van der Waals surface area contributed by atoms with Crippen LogP contribution in [0.5, 0.6) is 0 Å². The molecule has 0 N–H and O–H groups in total. The van der Waals surface area contributed by atoms with Crippen molar-refractivity contribution >= 4 is 11.7 Å². The molecule has 0 unspecified atom stereocenters. The van der Waals surface area contributed by atoms with E-state index in [9.17, 15) is 9.59 Å². The van der Waals surface area contributed by atoms with Gasteiger partial charge >= 0.3 is 0 Å². The van der Waals surface area contributed by atoms with Gasteiger partial charge in [-0.2, -0.15) is 0 Å². The van der Waals surface area contributed by atoms with Crippen LogP contribution in [-0.4, -0.2) is 47.9 Å². The number of ketones is 1. The van der Waals surface area contributed by atoms with Gasteiger partial charge in [-0.1, -0.05) is 18.2 Å². The minimum absolute atomic E-state index is 0.00685. The zero-order chi connectivity index (χ0) is 16.2. The lowest BCUT2D eigenvalue weighted by Crippen LogP contribution is -2.40. The second-order valence-electron chi connectivity index (χ2n) is 5.47. The van der Waals surface area contributed by atoms with Crippen molar-refractivity contribution in [1.29, 1.82) is 0 Å². The van der Waals surface area contributed by atoms with E-state index in [4.69, 9.17) is 4.74 Å². The molecule has 1 aromatic carbocycles. The van der Waals surface area contributed by atoms with Crippen molar-refractivity contribution in [1.82, 2.24) is 9.88 Å². The van der Waals surface area contributed by atoms with Crippen LogP contribution in [-0.2, 0) is 4.74 Å². The Morgan fingerprint density at radius 1 is 1.09 bits per heavy atom. The molecule has 0 radical (unpaired) electrons. The van der Waals surface area contributed by atoms with Gasteiger partial charge in [-0.3, -0.25) is 14.6 Å². The Labute approximate surface area is 134 Å². The quantitative estimate of drug-likeness (QED) is 0.817. The third-order valence-corrected chi connectivity index (χ3v) is 3.87. The number of pyridine rings is 1. The third-order valence-electron chi connectivity index (χ3n) is 3.87. The smallest absolute Gasteiger partial charge is 0.254 e. The molecule has 1 saturated heterocycles. The first-order chi connectivity index (χ1) is 11.1. The largest absolute Gasteiger partial charge is 0.378 e. The number of hydrogen-bond acceptors (Lipinski definition) is 4. The fourth-order valence-electron chi connectivity index (χ4n) is 2.57. The van der Waals surface area contributed by atoms with Crippen molar-refractivity contribution in [3.05, 3.63) is 53.7 Å². The van der Waals surface area contributed by atoms with Crippen molar-refractivity contribution in [3.8, 4) is 11.3 Å². The number of morpholine rings is 1. The van der Waals surface area contributed by atoms with Gasteiger partial charge < -0.3 is 9.64 Å². The molecular weight excluding hydrogens is 292 g/mol. The molecule has 2 heterocycles. The Morgan fingerprint density at radius 2 is 1.87 bits per heavy atom. The third kappa shape index (κ3) is 3.46. The number of Topliss-reactive ketones (excluding diaryl/α,β-unsaturated/α-hetero) is 1. The minimum atomic E-state index is -0.0142. The summed E-state index contributed by atoms with van der Waals surface area (Å²) < 4.78 is 5.28. The molecule has 1 amide bonds. The maximum absolute atomic E-state index is 12.5. The van der Waals surface area contributed by atoms with E-state index in [1.165, 1.54) is 6.92 Å². The molecule has 118 valence electrons. The molecule has 1 fully saturated rings. The van der Waals surface area contributed by atoms with E-state index in [0.717, 1.165) is 5.56 Å². The van der Waals surface area contributed by atoms with Gasteiger partial charge in [-0.25, -0.2) is 0 Å².